The monoisotopic (exact) mass is 230 g/mol. The van der Waals surface area contributed by atoms with Crippen LogP contribution in [0.1, 0.15) is 6.42 Å². The molecule has 88 valence electrons. The van der Waals surface area contributed by atoms with Crippen molar-refractivity contribution in [1.82, 2.24) is 9.97 Å². The molecule has 1 aromatic heterocycles. The van der Waals surface area contributed by atoms with Crippen molar-refractivity contribution in [2.45, 2.75) is 12.5 Å². The molecule has 3 rings (SSSR count). The summed E-state index contributed by atoms with van der Waals surface area (Å²) in [5.41, 5.74) is 7.55. The van der Waals surface area contributed by atoms with Crippen LogP contribution >= 0.6 is 0 Å². The third-order valence-electron chi connectivity index (χ3n) is 3.04. The molecule has 5 nitrogen and oxygen atoms in total. The first kappa shape index (κ1) is 10.3. The Labute approximate surface area is 98.9 Å². The van der Waals surface area contributed by atoms with Crippen LogP contribution in [0.4, 0.5) is 11.6 Å². The van der Waals surface area contributed by atoms with Crippen molar-refractivity contribution in [2.75, 3.05) is 23.7 Å². The summed E-state index contributed by atoms with van der Waals surface area (Å²) in [6.07, 6.45) is 0.469. The van der Waals surface area contributed by atoms with Crippen LogP contribution in [0.2, 0.25) is 0 Å². The number of aromatic nitrogens is 2. The topological polar surface area (TPSA) is 75.3 Å². The van der Waals surface area contributed by atoms with E-state index in [1.807, 2.05) is 29.2 Å². The van der Waals surface area contributed by atoms with Crippen LogP contribution in [0.25, 0.3) is 11.0 Å². The molecule has 2 aromatic rings. The standard InChI is InChI=1S/C12H14N4O/c13-11-12(16-6-5-8(17)7-16)15-10-4-2-1-3-9(10)14-11/h1-4,8,17H,5-7H2,(H2,13,14)/t8-/m1/s1. The van der Waals surface area contributed by atoms with Gasteiger partial charge in [-0.05, 0) is 18.6 Å². The second kappa shape index (κ2) is 3.85. The van der Waals surface area contributed by atoms with Gasteiger partial charge in [0.25, 0.3) is 0 Å². The molecule has 1 fully saturated rings. The van der Waals surface area contributed by atoms with E-state index >= 15 is 0 Å². The van der Waals surface area contributed by atoms with Gasteiger partial charge in [0, 0.05) is 13.1 Å². The van der Waals surface area contributed by atoms with Crippen molar-refractivity contribution in [2.24, 2.45) is 0 Å². The Balaban J connectivity index is 2.07. The number of hydrogen-bond acceptors (Lipinski definition) is 5. The molecule has 1 atom stereocenters. The highest BCUT2D eigenvalue weighted by Crippen LogP contribution is 2.25. The zero-order valence-electron chi connectivity index (χ0n) is 9.37. The van der Waals surface area contributed by atoms with E-state index in [4.69, 9.17) is 5.73 Å². The largest absolute Gasteiger partial charge is 0.391 e. The number of nitrogen functional groups attached to an aromatic ring is 1. The van der Waals surface area contributed by atoms with Crippen molar-refractivity contribution in [3.05, 3.63) is 24.3 Å². The molecule has 0 saturated carbocycles. The van der Waals surface area contributed by atoms with Crippen LogP contribution in [0.15, 0.2) is 24.3 Å². The van der Waals surface area contributed by atoms with Gasteiger partial charge in [-0.25, -0.2) is 9.97 Å². The SMILES string of the molecule is Nc1nc2ccccc2nc1N1CC[C@@H](O)C1. The van der Waals surface area contributed by atoms with Gasteiger partial charge in [0.05, 0.1) is 17.1 Å². The molecule has 0 spiro atoms. The molecule has 0 radical (unpaired) electrons. The third kappa shape index (κ3) is 1.78. The average molecular weight is 230 g/mol. The van der Waals surface area contributed by atoms with Gasteiger partial charge >= 0.3 is 0 Å². The van der Waals surface area contributed by atoms with Crippen molar-refractivity contribution in [1.29, 1.82) is 0 Å². The van der Waals surface area contributed by atoms with Crippen LogP contribution in [0.3, 0.4) is 0 Å². The van der Waals surface area contributed by atoms with Crippen LogP contribution in [0.5, 0.6) is 0 Å². The number of aliphatic hydroxyl groups is 1. The first-order valence-electron chi connectivity index (χ1n) is 5.69. The van der Waals surface area contributed by atoms with Crippen LogP contribution < -0.4 is 10.6 Å². The lowest BCUT2D eigenvalue weighted by Gasteiger charge is -2.18. The number of rotatable bonds is 1. The Morgan fingerprint density at radius 2 is 1.94 bits per heavy atom. The van der Waals surface area contributed by atoms with E-state index in [0.717, 1.165) is 24.0 Å². The second-order valence-corrected chi connectivity index (χ2v) is 4.31. The lowest BCUT2D eigenvalue weighted by Crippen LogP contribution is -2.23. The number of hydrogen-bond donors (Lipinski definition) is 2. The maximum absolute atomic E-state index is 9.53. The van der Waals surface area contributed by atoms with Crippen LogP contribution in [-0.2, 0) is 0 Å². The highest BCUT2D eigenvalue weighted by molar-refractivity contribution is 5.79. The third-order valence-corrected chi connectivity index (χ3v) is 3.04. The van der Waals surface area contributed by atoms with Gasteiger partial charge in [0.2, 0.25) is 0 Å². The van der Waals surface area contributed by atoms with E-state index in [9.17, 15) is 5.11 Å². The summed E-state index contributed by atoms with van der Waals surface area (Å²) in [5.74, 6) is 1.11. The second-order valence-electron chi connectivity index (χ2n) is 4.31. The van der Waals surface area contributed by atoms with Gasteiger partial charge in [-0.15, -0.1) is 0 Å². The number of benzene rings is 1. The fraction of sp³-hybridized carbons (Fsp3) is 0.333. The summed E-state index contributed by atoms with van der Waals surface area (Å²) in [6.45, 7) is 1.36. The molecular formula is C12H14N4O. The minimum absolute atomic E-state index is 0.289. The molecule has 5 heteroatoms. The lowest BCUT2D eigenvalue weighted by atomic mass is 10.3. The number of aliphatic hydroxyl groups excluding tert-OH is 1. The summed E-state index contributed by atoms with van der Waals surface area (Å²) in [6, 6.07) is 7.64. The lowest BCUT2D eigenvalue weighted by molar-refractivity contribution is 0.198. The molecule has 17 heavy (non-hydrogen) atoms. The van der Waals surface area contributed by atoms with Gasteiger partial charge in [0.15, 0.2) is 11.6 Å². The molecular weight excluding hydrogens is 216 g/mol. The molecule has 1 saturated heterocycles. The molecule has 1 aliphatic heterocycles. The Morgan fingerprint density at radius 1 is 1.24 bits per heavy atom. The summed E-state index contributed by atoms with van der Waals surface area (Å²) in [7, 11) is 0. The van der Waals surface area contributed by atoms with Crippen molar-refractivity contribution in [3.63, 3.8) is 0 Å². The predicted molar refractivity (Wildman–Crippen MR) is 66.8 cm³/mol. The first-order chi connectivity index (χ1) is 8.24. The predicted octanol–water partition coefficient (Wildman–Crippen LogP) is 0.783. The smallest absolute Gasteiger partial charge is 0.172 e. The summed E-state index contributed by atoms with van der Waals surface area (Å²) < 4.78 is 0. The van der Waals surface area contributed by atoms with Crippen molar-refractivity contribution < 1.29 is 5.11 Å². The Hall–Kier alpha value is -1.88. The number of nitrogens with two attached hydrogens (primary N) is 1. The molecule has 1 aromatic carbocycles. The molecule has 3 N–H and O–H groups in total. The van der Waals surface area contributed by atoms with Gasteiger partial charge in [-0.3, -0.25) is 0 Å². The summed E-state index contributed by atoms with van der Waals surface area (Å²) in [4.78, 5) is 10.8. The number of fused-ring (bicyclic) bond motifs is 1. The Morgan fingerprint density at radius 3 is 2.59 bits per heavy atom. The van der Waals surface area contributed by atoms with Crippen molar-refractivity contribution >= 4 is 22.7 Å². The van der Waals surface area contributed by atoms with E-state index in [0.29, 0.717) is 18.2 Å². The Bertz CT molecular complexity index is 557. The maximum Gasteiger partial charge on any atom is 0.172 e. The number of para-hydroxylation sites is 2. The van der Waals surface area contributed by atoms with Gasteiger partial charge in [0.1, 0.15) is 0 Å². The first-order valence-corrected chi connectivity index (χ1v) is 5.69. The van der Waals surface area contributed by atoms with E-state index in [2.05, 4.69) is 9.97 Å². The van der Waals surface area contributed by atoms with E-state index in [1.54, 1.807) is 0 Å². The number of β-amino-alcohol motifs (C(OH)–C–C–N with tert-alkyl or cyclic N) is 1. The normalized spacial score (nSPS) is 20.1. The minimum atomic E-state index is -0.289. The van der Waals surface area contributed by atoms with E-state index in [-0.39, 0.29) is 6.10 Å². The molecule has 1 aliphatic rings. The van der Waals surface area contributed by atoms with Gasteiger partial charge in [-0.2, -0.15) is 0 Å². The Kier molecular flexibility index (Phi) is 2.33. The highest BCUT2D eigenvalue weighted by Gasteiger charge is 2.23. The van der Waals surface area contributed by atoms with Crippen LogP contribution in [0, 0.1) is 0 Å². The average Bonchev–Trinajstić information content (AvgIpc) is 2.75. The summed E-state index contributed by atoms with van der Waals surface area (Å²) in [5, 5.41) is 9.53. The van der Waals surface area contributed by atoms with E-state index in [1.165, 1.54) is 0 Å². The zero-order valence-corrected chi connectivity index (χ0v) is 9.37. The fourth-order valence-corrected chi connectivity index (χ4v) is 2.17. The number of anilines is 2. The maximum atomic E-state index is 9.53. The molecule has 0 bridgehead atoms. The minimum Gasteiger partial charge on any atom is -0.391 e. The fourth-order valence-electron chi connectivity index (χ4n) is 2.17. The molecule has 0 aliphatic carbocycles. The van der Waals surface area contributed by atoms with Crippen molar-refractivity contribution in [3.8, 4) is 0 Å². The molecule has 2 heterocycles. The molecule has 0 amide bonds. The van der Waals surface area contributed by atoms with E-state index < -0.39 is 0 Å². The number of nitrogens with zero attached hydrogens (tertiary/aromatic N) is 3. The van der Waals surface area contributed by atoms with Gasteiger partial charge < -0.3 is 15.7 Å². The van der Waals surface area contributed by atoms with Crippen LogP contribution in [-0.4, -0.2) is 34.3 Å². The van der Waals surface area contributed by atoms with Gasteiger partial charge in [-0.1, -0.05) is 12.1 Å². The molecule has 0 unspecified atom stereocenters. The zero-order chi connectivity index (χ0) is 11.8. The quantitative estimate of drug-likeness (QED) is 0.757. The highest BCUT2D eigenvalue weighted by atomic mass is 16.3. The summed E-state index contributed by atoms with van der Waals surface area (Å²) >= 11 is 0.